The number of carbonyl (C=O) groups excluding carboxylic acids is 2. The molecule has 13 heteroatoms. The Balaban J connectivity index is 1.34. The number of fused-ring (bicyclic) bond motifs is 1. The number of nitrogens with one attached hydrogen (secondary N) is 1. The van der Waals surface area contributed by atoms with Crippen LogP contribution in [-0.4, -0.2) is 73.6 Å². The summed E-state index contributed by atoms with van der Waals surface area (Å²) in [6.45, 7) is 7.21. The topological polar surface area (TPSA) is 150 Å². The van der Waals surface area contributed by atoms with Crippen molar-refractivity contribution in [3.63, 3.8) is 0 Å². The summed E-state index contributed by atoms with van der Waals surface area (Å²) >= 11 is 1.21. The molecule has 0 saturated carbocycles. The first-order valence-corrected chi connectivity index (χ1v) is 13.0. The lowest BCUT2D eigenvalue weighted by molar-refractivity contribution is 0.0240. The molecule has 2 amide bonds. The van der Waals surface area contributed by atoms with Gasteiger partial charge in [0.2, 0.25) is 0 Å². The van der Waals surface area contributed by atoms with Gasteiger partial charge in [-0.15, -0.1) is 0 Å². The van der Waals surface area contributed by atoms with Crippen LogP contribution in [0.25, 0.3) is 21.7 Å². The van der Waals surface area contributed by atoms with Crippen molar-refractivity contribution in [1.29, 1.82) is 5.26 Å². The van der Waals surface area contributed by atoms with Gasteiger partial charge >= 0.3 is 6.09 Å². The standard InChI is InChI=1S/C26H25N9O3S/c1-26(2,3)38-25(37)35-10-8-34(9-11-35)20-12-17(13-27)29-14-18(20)22(36)33-24-32-21-23(39-24)31-19(15-30-21)16-4-6-28-7-5-16/h4-7,12,14-15H,8-11H2,1-3H3,(H,30,32,33,36). The third kappa shape index (κ3) is 5.91. The van der Waals surface area contributed by atoms with E-state index in [1.807, 2.05) is 43.9 Å². The van der Waals surface area contributed by atoms with E-state index in [9.17, 15) is 14.9 Å². The fourth-order valence-corrected chi connectivity index (χ4v) is 4.79. The quantitative estimate of drug-likeness (QED) is 0.403. The molecule has 1 aliphatic rings. The van der Waals surface area contributed by atoms with E-state index in [2.05, 4.69) is 30.2 Å². The number of thiazole rings is 1. The third-order valence-electron chi connectivity index (χ3n) is 5.83. The van der Waals surface area contributed by atoms with Crippen LogP contribution in [0.1, 0.15) is 36.8 Å². The van der Waals surface area contributed by atoms with Crippen LogP contribution in [0.4, 0.5) is 15.6 Å². The predicted octanol–water partition coefficient (Wildman–Crippen LogP) is 3.72. The molecule has 39 heavy (non-hydrogen) atoms. The number of hydrogen-bond acceptors (Lipinski definition) is 11. The number of ether oxygens (including phenoxy) is 1. The summed E-state index contributed by atoms with van der Waals surface area (Å²) in [6, 6.07) is 7.29. The molecule has 0 aliphatic carbocycles. The largest absolute Gasteiger partial charge is 0.444 e. The lowest BCUT2D eigenvalue weighted by atomic mass is 10.1. The lowest BCUT2D eigenvalue weighted by Crippen LogP contribution is -2.50. The van der Waals surface area contributed by atoms with Gasteiger partial charge in [-0.05, 0) is 39.0 Å². The molecule has 5 rings (SSSR count). The number of nitrogens with zero attached hydrogens (tertiary/aromatic N) is 8. The highest BCUT2D eigenvalue weighted by Gasteiger charge is 2.28. The van der Waals surface area contributed by atoms with Crippen molar-refractivity contribution in [2.24, 2.45) is 0 Å². The Morgan fingerprint density at radius 2 is 1.82 bits per heavy atom. The maximum Gasteiger partial charge on any atom is 0.410 e. The Hall–Kier alpha value is -4.70. The van der Waals surface area contributed by atoms with E-state index in [4.69, 9.17) is 4.74 Å². The molecular formula is C26H25N9O3S. The van der Waals surface area contributed by atoms with Crippen molar-refractivity contribution in [3.05, 3.63) is 54.2 Å². The summed E-state index contributed by atoms with van der Waals surface area (Å²) in [5.74, 6) is -0.426. The average Bonchev–Trinajstić information content (AvgIpc) is 3.33. The van der Waals surface area contributed by atoms with Gasteiger partial charge in [-0.3, -0.25) is 15.1 Å². The summed E-state index contributed by atoms with van der Waals surface area (Å²) < 4.78 is 5.47. The van der Waals surface area contributed by atoms with E-state index >= 15 is 0 Å². The molecule has 5 heterocycles. The molecule has 198 valence electrons. The van der Waals surface area contributed by atoms with E-state index in [0.717, 1.165) is 5.56 Å². The molecule has 1 fully saturated rings. The lowest BCUT2D eigenvalue weighted by Gasteiger charge is -2.37. The molecule has 0 spiro atoms. The number of anilines is 2. The zero-order chi connectivity index (χ0) is 27.6. The minimum absolute atomic E-state index is 0.188. The fourth-order valence-electron chi connectivity index (χ4n) is 4.00. The van der Waals surface area contributed by atoms with Gasteiger partial charge in [0.25, 0.3) is 5.91 Å². The van der Waals surface area contributed by atoms with E-state index in [1.54, 1.807) is 29.6 Å². The summed E-state index contributed by atoms with van der Waals surface area (Å²) in [5, 5.41) is 12.6. The van der Waals surface area contributed by atoms with E-state index in [1.165, 1.54) is 17.5 Å². The third-order valence-corrected chi connectivity index (χ3v) is 6.69. The molecule has 0 radical (unpaired) electrons. The maximum atomic E-state index is 13.3. The molecule has 1 saturated heterocycles. The van der Waals surface area contributed by atoms with Crippen LogP contribution in [0.2, 0.25) is 0 Å². The van der Waals surface area contributed by atoms with Crippen LogP contribution in [-0.2, 0) is 4.74 Å². The average molecular weight is 544 g/mol. The zero-order valence-corrected chi connectivity index (χ0v) is 22.4. The van der Waals surface area contributed by atoms with Crippen LogP contribution in [0, 0.1) is 11.3 Å². The smallest absolute Gasteiger partial charge is 0.410 e. The van der Waals surface area contributed by atoms with Crippen LogP contribution < -0.4 is 10.2 Å². The second kappa shape index (κ2) is 10.6. The molecule has 0 bridgehead atoms. The number of pyridine rings is 2. The minimum Gasteiger partial charge on any atom is -0.444 e. The molecule has 1 aliphatic heterocycles. The van der Waals surface area contributed by atoms with Crippen molar-refractivity contribution in [2.45, 2.75) is 26.4 Å². The second-order valence-corrected chi connectivity index (χ2v) is 10.7. The molecule has 12 nitrogen and oxygen atoms in total. The minimum atomic E-state index is -0.585. The number of amides is 2. The van der Waals surface area contributed by atoms with E-state index < -0.39 is 11.5 Å². The second-order valence-electron chi connectivity index (χ2n) is 9.75. The van der Waals surface area contributed by atoms with Crippen LogP contribution in [0.5, 0.6) is 0 Å². The molecule has 0 aromatic carbocycles. The highest BCUT2D eigenvalue weighted by atomic mass is 32.1. The van der Waals surface area contributed by atoms with Crippen molar-refractivity contribution in [2.75, 3.05) is 36.4 Å². The molecule has 4 aromatic heterocycles. The molecule has 4 aromatic rings. The van der Waals surface area contributed by atoms with Crippen LogP contribution in [0.3, 0.4) is 0 Å². The molecule has 1 N–H and O–H groups in total. The molecular weight excluding hydrogens is 518 g/mol. The van der Waals surface area contributed by atoms with Gasteiger partial charge in [-0.2, -0.15) is 10.2 Å². The van der Waals surface area contributed by atoms with Crippen LogP contribution in [0.15, 0.2) is 43.0 Å². The number of carbonyl (C=O) groups is 2. The van der Waals surface area contributed by atoms with E-state index in [-0.39, 0.29) is 17.4 Å². The van der Waals surface area contributed by atoms with Crippen molar-refractivity contribution >= 4 is 44.6 Å². The number of piperazine rings is 1. The van der Waals surface area contributed by atoms with Crippen LogP contribution >= 0.6 is 11.3 Å². The highest BCUT2D eigenvalue weighted by molar-refractivity contribution is 7.21. The first-order chi connectivity index (χ1) is 18.7. The summed E-state index contributed by atoms with van der Waals surface area (Å²) in [6.07, 6.45) is 6.00. The summed E-state index contributed by atoms with van der Waals surface area (Å²) in [7, 11) is 0. The number of aromatic nitrogens is 5. The normalized spacial score (nSPS) is 13.7. The fraction of sp³-hybridized carbons (Fsp3) is 0.308. The SMILES string of the molecule is CC(C)(C)OC(=O)N1CCN(c2cc(C#N)ncc2C(=O)Nc2nc3ncc(-c4ccncc4)nc3s2)CC1. The zero-order valence-electron chi connectivity index (χ0n) is 21.6. The number of nitriles is 1. The summed E-state index contributed by atoms with van der Waals surface area (Å²) in [5.41, 5.74) is 2.42. The Morgan fingerprint density at radius 3 is 2.51 bits per heavy atom. The van der Waals surface area contributed by atoms with Gasteiger partial charge in [-0.25, -0.2) is 19.7 Å². The van der Waals surface area contributed by atoms with Gasteiger partial charge in [0, 0.05) is 50.3 Å². The summed E-state index contributed by atoms with van der Waals surface area (Å²) in [4.78, 5) is 51.5. The Bertz CT molecular complexity index is 1570. The maximum absolute atomic E-state index is 13.3. The number of hydrogen-bond donors (Lipinski definition) is 1. The Morgan fingerprint density at radius 1 is 1.08 bits per heavy atom. The molecule has 0 atom stereocenters. The number of rotatable bonds is 4. The van der Waals surface area contributed by atoms with E-state index in [0.29, 0.717) is 53.2 Å². The van der Waals surface area contributed by atoms with Crippen molar-refractivity contribution in [3.8, 4) is 17.3 Å². The first-order valence-electron chi connectivity index (χ1n) is 12.2. The van der Waals surface area contributed by atoms with Crippen molar-refractivity contribution < 1.29 is 14.3 Å². The van der Waals surface area contributed by atoms with Gasteiger partial charge in [0.05, 0.1) is 23.1 Å². The Kier molecular flexibility index (Phi) is 7.03. The molecule has 0 unspecified atom stereocenters. The monoisotopic (exact) mass is 543 g/mol. The van der Waals surface area contributed by atoms with Gasteiger partial charge in [0.15, 0.2) is 15.6 Å². The highest BCUT2D eigenvalue weighted by Crippen LogP contribution is 2.28. The van der Waals surface area contributed by atoms with Gasteiger partial charge in [0.1, 0.15) is 17.4 Å². The Labute approximate surface area is 228 Å². The first kappa shape index (κ1) is 25.9. The van der Waals surface area contributed by atoms with Crippen molar-refractivity contribution in [1.82, 2.24) is 29.8 Å². The van der Waals surface area contributed by atoms with Gasteiger partial charge in [-0.1, -0.05) is 11.3 Å². The van der Waals surface area contributed by atoms with Gasteiger partial charge < -0.3 is 14.5 Å². The predicted molar refractivity (Wildman–Crippen MR) is 145 cm³/mol.